The normalized spacial score (nSPS) is 16.5. The fourth-order valence-electron chi connectivity index (χ4n) is 1.72. The van der Waals surface area contributed by atoms with Crippen LogP contribution in [0.3, 0.4) is 0 Å². The second-order valence-electron chi connectivity index (χ2n) is 3.36. The summed E-state index contributed by atoms with van der Waals surface area (Å²) in [4.78, 5) is 6.39. The number of aromatic nitrogens is 1. The Morgan fingerprint density at radius 1 is 1.38 bits per heavy atom. The summed E-state index contributed by atoms with van der Waals surface area (Å²) in [6.07, 6.45) is 4.31. The average Bonchev–Trinajstić information content (AvgIpc) is 2.71. The van der Waals surface area contributed by atoms with Gasteiger partial charge in [0, 0.05) is 25.0 Å². The number of aliphatic hydroxyl groups excluding tert-OH is 1. The van der Waals surface area contributed by atoms with Gasteiger partial charge in [0.25, 0.3) is 0 Å². The lowest BCUT2D eigenvalue weighted by Gasteiger charge is -2.17. The Balaban J connectivity index is 2.18. The molecule has 1 aromatic heterocycles. The first-order valence-electron chi connectivity index (χ1n) is 4.71. The zero-order chi connectivity index (χ0) is 9.10. The highest BCUT2D eigenvalue weighted by Gasteiger charge is 2.12. The van der Waals surface area contributed by atoms with E-state index in [2.05, 4.69) is 9.88 Å². The molecule has 13 heavy (non-hydrogen) atoms. The van der Waals surface area contributed by atoms with Crippen LogP contribution < -0.4 is 4.90 Å². The van der Waals surface area contributed by atoms with Crippen molar-refractivity contribution in [1.82, 2.24) is 4.98 Å². The van der Waals surface area contributed by atoms with Crippen molar-refractivity contribution < 1.29 is 5.11 Å². The highest BCUT2D eigenvalue weighted by molar-refractivity contribution is 5.47. The van der Waals surface area contributed by atoms with Crippen molar-refractivity contribution in [1.29, 1.82) is 0 Å². The zero-order valence-electron chi connectivity index (χ0n) is 7.61. The number of hydrogen-bond acceptors (Lipinski definition) is 3. The predicted molar refractivity (Wildman–Crippen MR) is 51.6 cm³/mol. The fraction of sp³-hybridized carbons (Fsp3) is 0.500. The Bertz CT molecular complexity index is 282. The van der Waals surface area contributed by atoms with Crippen molar-refractivity contribution in [2.24, 2.45) is 0 Å². The quantitative estimate of drug-likeness (QED) is 0.738. The van der Waals surface area contributed by atoms with E-state index in [0.29, 0.717) is 0 Å². The van der Waals surface area contributed by atoms with E-state index in [-0.39, 0.29) is 6.61 Å². The van der Waals surface area contributed by atoms with Crippen LogP contribution in [0.25, 0.3) is 0 Å². The van der Waals surface area contributed by atoms with E-state index in [0.717, 1.165) is 18.8 Å². The molecule has 1 aliphatic heterocycles. The van der Waals surface area contributed by atoms with Gasteiger partial charge in [-0.15, -0.1) is 0 Å². The van der Waals surface area contributed by atoms with Gasteiger partial charge < -0.3 is 10.0 Å². The maximum Gasteiger partial charge on any atom is 0.0853 e. The molecule has 1 aromatic rings. The molecule has 2 heterocycles. The molecule has 0 spiro atoms. The van der Waals surface area contributed by atoms with Crippen molar-refractivity contribution in [3.63, 3.8) is 0 Å². The molecular weight excluding hydrogens is 164 g/mol. The SMILES string of the molecule is OCc1cc(N2CCCC2)ccn1. The summed E-state index contributed by atoms with van der Waals surface area (Å²) in [6.45, 7) is 2.30. The average molecular weight is 178 g/mol. The van der Waals surface area contributed by atoms with Crippen LogP contribution >= 0.6 is 0 Å². The second-order valence-corrected chi connectivity index (χ2v) is 3.36. The molecule has 0 saturated carbocycles. The van der Waals surface area contributed by atoms with Gasteiger partial charge in [-0.05, 0) is 25.0 Å². The lowest BCUT2D eigenvalue weighted by molar-refractivity contribution is 0.277. The molecule has 1 aliphatic rings. The molecule has 1 N–H and O–H groups in total. The smallest absolute Gasteiger partial charge is 0.0853 e. The monoisotopic (exact) mass is 178 g/mol. The van der Waals surface area contributed by atoms with Crippen LogP contribution in [0.5, 0.6) is 0 Å². The van der Waals surface area contributed by atoms with Gasteiger partial charge in [0.05, 0.1) is 12.3 Å². The van der Waals surface area contributed by atoms with E-state index in [4.69, 9.17) is 5.11 Å². The van der Waals surface area contributed by atoms with Crippen LogP contribution in [0.1, 0.15) is 18.5 Å². The largest absolute Gasteiger partial charge is 0.390 e. The molecule has 0 aliphatic carbocycles. The van der Waals surface area contributed by atoms with Crippen LogP contribution in [-0.2, 0) is 6.61 Å². The Morgan fingerprint density at radius 2 is 2.15 bits per heavy atom. The minimum Gasteiger partial charge on any atom is -0.390 e. The number of rotatable bonds is 2. The predicted octanol–water partition coefficient (Wildman–Crippen LogP) is 1.17. The van der Waals surface area contributed by atoms with E-state index in [9.17, 15) is 0 Å². The lowest BCUT2D eigenvalue weighted by atomic mass is 10.3. The van der Waals surface area contributed by atoms with Crippen molar-refractivity contribution in [3.05, 3.63) is 24.0 Å². The summed E-state index contributed by atoms with van der Waals surface area (Å²) in [5, 5.41) is 8.92. The first kappa shape index (κ1) is 8.51. The molecule has 70 valence electrons. The van der Waals surface area contributed by atoms with E-state index < -0.39 is 0 Å². The van der Waals surface area contributed by atoms with E-state index in [1.807, 2.05) is 12.1 Å². The van der Waals surface area contributed by atoms with Gasteiger partial charge in [-0.1, -0.05) is 0 Å². The first-order chi connectivity index (χ1) is 6.40. The number of nitrogens with zero attached hydrogens (tertiary/aromatic N) is 2. The summed E-state index contributed by atoms with van der Waals surface area (Å²) in [7, 11) is 0. The van der Waals surface area contributed by atoms with Gasteiger partial charge >= 0.3 is 0 Å². The maximum absolute atomic E-state index is 8.92. The molecule has 0 aromatic carbocycles. The summed E-state index contributed by atoms with van der Waals surface area (Å²) < 4.78 is 0. The first-order valence-corrected chi connectivity index (χ1v) is 4.71. The van der Waals surface area contributed by atoms with Gasteiger partial charge in [0.2, 0.25) is 0 Å². The van der Waals surface area contributed by atoms with Crippen molar-refractivity contribution in [2.75, 3.05) is 18.0 Å². The Labute approximate surface area is 78.0 Å². The van der Waals surface area contributed by atoms with Gasteiger partial charge in [0.1, 0.15) is 0 Å². The van der Waals surface area contributed by atoms with E-state index in [1.165, 1.54) is 18.5 Å². The number of hydrogen-bond donors (Lipinski definition) is 1. The molecule has 0 unspecified atom stereocenters. The molecule has 3 heteroatoms. The third-order valence-electron chi connectivity index (χ3n) is 2.43. The molecule has 1 saturated heterocycles. The van der Waals surface area contributed by atoms with Crippen molar-refractivity contribution in [3.8, 4) is 0 Å². The Morgan fingerprint density at radius 3 is 2.85 bits per heavy atom. The third-order valence-corrected chi connectivity index (χ3v) is 2.43. The summed E-state index contributed by atoms with van der Waals surface area (Å²) in [5.41, 5.74) is 1.95. The Kier molecular flexibility index (Phi) is 2.45. The molecule has 2 rings (SSSR count). The molecule has 1 fully saturated rings. The molecule has 0 amide bonds. The van der Waals surface area contributed by atoms with Crippen LogP contribution in [0.4, 0.5) is 5.69 Å². The number of anilines is 1. The lowest BCUT2D eigenvalue weighted by Crippen LogP contribution is -2.17. The minimum atomic E-state index is 0.0294. The molecular formula is C10H14N2O. The summed E-state index contributed by atoms with van der Waals surface area (Å²) >= 11 is 0. The van der Waals surface area contributed by atoms with E-state index in [1.54, 1.807) is 6.20 Å². The molecule has 0 bridgehead atoms. The zero-order valence-corrected chi connectivity index (χ0v) is 7.61. The van der Waals surface area contributed by atoms with Crippen LogP contribution in [0.2, 0.25) is 0 Å². The Hall–Kier alpha value is -1.09. The molecule has 3 nitrogen and oxygen atoms in total. The van der Waals surface area contributed by atoms with Gasteiger partial charge in [-0.3, -0.25) is 4.98 Å². The highest BCUT2D eigenvalue weighted by Crippen LogP contribution is 2.19. The van der Waals surface area contributed by atoms with Crippen LogP contribution in [-0.4, -0.2) is 23.2 Å². The van der Waals surface area contributed by atoms with Gasteiger partial charge in [-0.25, -0.2) is 0 Å². The van der Waals surface area contributed by atoms with Crippen molar-refractivity contribution in [2.45, 2.75) is 19.4 Å². The number of aliphatic hydroxyl groups is 1. The highest BCUT2D eigenvalue weighted by atomic mass is 16.3. The maximum atomic E-state index is 8.92. The third kappa shape index (κ3) is 1.80. The molecule has 0 atom stereocenters. The van der Waals surface area contributed by atoms with Gasteiger partial charge in [-0.2, -0.15) is 0 Å². The van der Waals surface area contributed by atoms with Crippen molar-refractivity contribution >= 4 is 5.69 Å². The summed E-state index contributed by atoms with van der Waals surface area (Å²) in [6, 6.07) is 3.97. The minimum absolute atomic E-state index is 0.0294. The fourth-order valence-corrected chi connectivity index (χ4v) is 1.72. The summed E-state index contributed by atoms with van der Waals surface area (Å²) in [5.74, 6) is 0. The van der Waals surface area contributed by atoms with E-state index >= 15 is 0 Å². The number of pyridine rings is 1. The van der Waals surface area contributed by atoms with Crippen LogP contribution in [0.15, 0.2) is 18.3 Å². The second kappa shape index (κ2) is 3.75. The standard InChI is InChI=1S/C10H14N2O/c13-8-9-7-10(3-4-11-9)12-5-1-2-6-12/h3-4,7,13H,1-2,5-6,8H2. The van der Waals surface area contributed by atoms with Gasteiger partial charge in [0.15, 0.2) is 0 Å². The van der Waals surface area contributed by atoms with Crippen LogP contribution in [0, 0.1) is 0 Å². The topological polar surface area (TPSA) is 36.4 Å². The molecule has 0 radical (unpaired) electrons.